The smallest absolute Gasteiger partial charge is 0.266 e. The van der Waals surface area contributed by atoms with Crippen LogP contribution in [0.3, 0.4) is 0 Å². The molecule has 2 rings (SSSR count). The topological polar surface area (TPSA) is 32.7 Å². The minimum absolute atomic E-state index is 0.0595. The molecule has 0 bridgehead atoms. The summed E-state index contributed by atoms with van der Waals surface area (Å²) in [5, 5.41) is 0.816. The lowest BCUT2D eigenvalue weighted by atomic mass is 10.1. The van der Waals surface area contributed by atoms with Gasteiger partial charge in [-0.25, -0.2) is 0 Å². The van der Waals surface area contributed by atoms with Gasteiger partial charge in [-0.15, -0.1) is 0 Å². The first-order valence-electron chi connectivity index (χ1n) is 7.04. The van der Waals surface area contributed by atoms with Gasteiger partial charge in [0.1, 0.15) is 0 Å². The number of aryl methyl sites for hydroxylation is 1. The van der Waals surface area contributed by atoms with Crippen LogP contribution in [-0.4, -0.2) is 29.1 Å². The first-order chi connectivity index (χ1) is 9.69. The van der Waals surface area contributed by atoms with Crippen LogP contribution in [0, 0.1) is 0 Å². The average Bonchev–Trinajstić information content (AvgIpc) is 2.76. The van der Waals surface area contributed by atoms with Crippen LogP contribution in [0.15, 0.2) is 34.2 Å². The third-order valence-corrected chi connectivity index (χ3v) is 4.23. The van der Waals surface area contributed by atoms with E-state index in [1.807, 2.05) is 19.9 Å². The van der Waals surface area contributed by atoms with Gasteiger partial charge in [-0.05, 0) is 49.2 Å². The maximum Gasteiger partial charge on any atom is 0.266 e. The van der Waals surface area contributed by atoms with Crippen molar-refractivity contribution in [3.05, 3.63) is 40.3 Å². The Kier molecular flexibility index (Phi) is 5.01. The highest BCUT2D eigenvalue weighted by atomic mass is 32.2. The molecule has 1 aliphatic heterocycles. The predicted octanol–water partition coefficient (Wildman–Crippen LogP) is 3.56. The first-order valence-corrected chi connectivity index (χ1v) is 7.86. The molecule has 0 aromatic heterocycles. The van der Waals surface area contributed by atoms with E-state index in [0.29, 0.717) is 13.1 Å². The molecule has 0 atom stereocenters. The molecule has 1 aliphatic rings. The normalized spacial score (nSPS) is 19.4. The highest BCUT2D eigenvalue weighted by Gasteiger charge is 2.31. The van der Waals surface area contributed by atoms with Crippen LogP contribution in [0.2, 0.25) is 0 Å². The number of rotatable bonds is 4. The number of likely N-dealkylation sites (N-methyl/N-ethyl adjacent to an activating group) is 1. The van der Waals surface area contributed by atoms with Crippen LogP contribution in [0.5, 0.6) is 0 Å². The Hall–Kier alpha value is -1.55. The van der Waals surface area contributed by atoms with E-state index in [1.54, 1.807) is 4.90 Å². The molecule has 0 N–H and O–H groups in total. The van der Waals surface area contributed by atoms with Crippen molar-refractivity contribution in [2.24, 2.45) is 4.99 Å². The highest BCUT2D eigenvalue weighted by Crippen LogP contribution is 2.32. The van der Waals surface area contributed by atoms with Crippen molar-refractivity contribution < 1.29 is 4.79 Å². The zero-order chi connectivity index (χ0) is 14.5. The second-order valence-corrected chi connectivity index (χ2v) is 5.52. The van der Waals surface area contributed by atoms with Gasteiger partial charge in [-0.2, -0.15) is 0 Å². The minimum Gasteiger partial charge on any atom is -0.287 e. The first kappa shape index (κ1) is 14.9. The number of aliphatic imine (C=N–C) groups is 1. The van der Waals surface area contributed by atoms with E-state index in [0.717, 1.165) is 22.1 Å². The Balaban J connectivity index is 2.25. The maximum absolute atomic E-state index is 12.3. The van der Waals surface area contributed by atoms with Gasteiger partial charge in [-0.1, -0.05) is 31.2 Å². The van der Waals surface area contributed by atoms with E-state index in [4.69, 9.17) is 0 Å². The van der Waals surface area contributed by atoms with E-state index in [1.165, 1.54) is 17.3 Å². The number of benzene rings is 1. The molecule has 0 aliphatic carbocycles. The summed E-state index contributed by atoms with van der Waals surface area (Å²) >= 11 is 1.47. The third kappa shape index (κ3) is 3.12. The van der Waals surface area contributed by atoms with Gasteiger partial charge in [0, 0.05) is 13.1 Å². The summed E-state index contributed by atoms with van der Waals surface area (Å²) in [5.74, 6) is 0.0595. The van der Waals surface area contributed by atoms with Crippen molar-refractivity contribution >= 4 is 28.9 Å². The number of nitrogens with zero attached hydrogens (tertiary/aromatic N) is 2. The maximum atomic E-state index is 12.3. The van der Waals surface area contributed by atoms with E-state index >= 15 is 0 Å². The lowest BCUT2D eigenvalue weighted by Crippen LogP contribution is -2.28. The van der Waals surface area contributed by atoms with Gasteiger partial charge in [0.2, 0.25) is 0 Å². The average molecular weight is 288 g/mol. The van der Waals surface area contributed by atoms with Crippen LogP contribution < -0.4 is 0 Å². The van der Waals surface area contributed by atoms with Gasteiger partial charge in [0.05, 0.1) is 4.91 Å². The predicted molar refractivity (Wildman–Crippen MR) is 86.8 cm³/mol. The molecule has 106 valence electrons. The van der Waals surface area contributed by atoms with Crippen LogP contribution >= 0.6 is 11.8 Å². The molecule has 0 unspecified atom stereocenters. The van der Waals surface area contributed by atoms with Gasteiger partial charge in [0.15, 0.2) is 5.17 Å². The summed E-state index contributed by atoms with van der Waals surface area (Å²) in [7, 11) is 0. The number of hydrogen-bond acceptors (Lipinski definition) is 3. The molecule has 20 heavy (non-hydrogen) atoms. The second-order valence-electron chi connectivity index (χ2n) is 4.51. The van der Waals surface area contributed by atoms with Gasteiger partial charge < -0.3 is 0 Å². The fourth-order valence-electron chi connectivity index (χ4n) is 2.04. The van der Waals surface area contributed by atoms with Gasteiger partial charge >= 0.3 is 0 Å². The third-order valence-electron chi connectivity index (χ3n) is 3.18. The van der Waals surface area contributed by atoms with Crippen molar-refractivity contribution in [1.82, 2.24) is 4.90 Å². The van der Waals surface area contributed by atoms with Crippen molar-refractivity contribution in [2.75, 3.05) is 13.1 Å². The zero-order valence-electron chi connectivity index (χ0n) is 12.2. The molecule has 0 spiro atoms. The molecular formula is C16H20N2OS. The van der Waals surface area contributed by atoms with Crippen LogP contribution in [0.4, 0.5) is 0 Å². The number of hydrogen-bond donors (Lipinski definition) is 0. The summed E-state index contributed by atoms with van der Waals surface area (Å²) in [5.41, 5.74) is 2.37. The quantitative estimate of drug-likeness (QED) is 0.794. The molecule has 3 nitrogen and oxygen atoms in total. The lowest BCUT2D eigenvalue weighted by Gasteiger charge is -2.11. The summed E-state index contributed by atoms with van der Waals surface area (Å²) < 4.78 is 0. The molecule has 4 heteroatoms. The molecular weight excluding hydrogens is 268 g/mol. The summed E-state index contributed by atoms with van der Waals surface area (Å²) in [6.07, 6.45) is 2.98. The molecule has 1 amide bonds. The molecule has 1 fully saturated rings. The molecule has 0 saturated carbocycles. The van der Waals surface area contributed by atoms with E-state index < -0.39 is 0 Å². The van der Waals surface area contributed by atoms with Crippen LogP contribution in [0.1, 0.15) is 31.9 Å². The highest BCUT2D eigenvalue weighted by molar-refractivity contribution is 8.18. The van der Waals surface area contributed by atoms with E-state index in [2.05, 4.69) is 36.2 Å². The molecule has 1 aromatic carbocycles. The van der Waals surface area contributed by atoms with Crippen molar-refractivity contribution in [1.29, 1.82) is 0 Å². The largest absolute Gasteiger partial charge is 0.287 e. The summed E-state index contributed by atoms with van der Waals surface area (Å²) in [6, 6.07) is 8.33. The number of carbonyl (C=O) groups excluding carboxylic acids is 1. The molecule has 0 radical (unpaired) electrons. The number of amidine groups is 1. The van der Waals surface area contributed by atoms with Crippen molar-refractivity contribution in [3.8, 4) is 0 Å². The molecule has 1 aromatic rings. The molecule has 1 saturated heterocycles. The fraction of sp³-hybridized carbons (Fsp3) is 0.375. The fourth-order valence-corrected chi connectivity index (χ4v) is 3.15. The van der Waals surface area contributed by atoms with Crippen molar-refractivity contribution in [2.45, 2.75) is 27.2 Å². The Morgan fingerprint density at radius 1 is 1.20 bits per heavy atom. The van der Waals surface area contributed by atoms with E-state index in [-0.39, 0.29) is 5.91 Å². The van der Waals surface area contributed by atoms with Crippen molar-refractivity contribution in [3.63, 3.8) is 0 Å². The second kappa shape index (κ2) is 6.75. The summed E-state index contributed by atoms with van der Waals surface area (Å²) in [6.45, 7) is 7.46. The number of carbonyl (C=O) groups is 1. The van der Waals surface area contributed by atoms with E-state index in [9.17, 15) is 4.79 Å². The van der Waals surface area contributed by atoms with Crippen LogP contribution in [0.25, 0.3) is 6.08 Å². The Morgan fingerprint density at radius 2 is 1.90 bits per heavy atom. The zero-order valence-corrected chi connectivity index (χ0v) is 13.0. The number of thioether (sulfide) groups is 1. The monoisotopic (exact) mass is 288 g/mol. The van der Waals surface area contributed by atoms with Crippen LogP contribution in [-0.2, 0) is 11.2 Å². The Morgan fingerprint density at radius 3 is 2.45 bits per heavy atom. The number of amides is 1. The molecule has 1 heterocycles. The van der Waals surface area contributed by atoms with Gasteiger partial charge in [-0.3, -0.25) is 14.7 Å². The SMILES string of the molecule is CCN=C1S/C(=C/c2ccc(CC)cc2)C(=O)N1CC. The Bertz CT molecular complexity index is 546. The lowest BCUT2D eigenvalue weighted by molar-refractivity contribution is -0.122. The minimum atomic E-state index is 0.0595. The van der Waals surface area contributed by atoms with Gasteiger partial charge in [0.25, 0.3) is 5.91 Å². The summed E-state index contributed by atoms with van der Waals surface area (Å²) in [4.78, 5) is 19.2. The standard InChI is InChI=1S/C16H20N2OS/c1-4-12-7-9-13(10-8-12)11-14-15(19)18(6-3)16(20-14)17-5-2/h7-11H,4-6H2,1-3H3/b14-11+,17-16?. The Labute approximate surface area is 124 Å².